The first-order chi connectivity index (χ1) is 6.93. The minimum Gasteiger partial charge on any atom is -0.392 e. The molecule has 0 aliphatic carbocycles. The third-order valence-electron chi connectivity index (χ3n) is 1.93. The number of hydrogen-bond donors (Lipinski definition) is 1. The highest BCUT2D eigenvalue weighted by Gasteiger charge is 2.30. The third-order valence-corrected chi connectivity index (χ3v) is 1.93. The molecule has 0 heterocycles. The van der Waals surface area contributed by atoms with Gasteiger partial charge < -0.3 is 5.11 Å². The molecule has 1 nitrogen and oxygen atoms in total. The number of rotatable bonds is 3. The Labute approximate surface area is 85.9 Å². The maximum absolute atomic E-state index is 12.3. The quantitative estimate of drug-likeness (QED) is 0.770. The van der Waals surface area contributed by atoms with Crippen molar-refractivity contribution in [2.24, 2.45) is 0 Å². The lowest BCUT2D eigenvalue weighted by Crippen LogP contribution is -2.05. The number of alkyl halides is 3. The first-order valence-electron chi connectivity index (χ1n) is 4.37. The summed E-state index contributed by atoms with van der Waals surface area (Å²) < 4.78 is 36.9. The molecule has 0 unspecified atom stereocenters. The molecule has 0 aliphatic rings. The summed E-state index contributed by atoms with van der Waals surface area (Å²) >= 11 is 0. The Morgan fingerprint density at radius 3 is 2.53 bits per heavy atom. The van der Waals surface area contributed by atoms with Crippen LogP contribution in [0.1, 0.15) is 11.1 Å². The molecule has 0 atom stereocenters. The Balaban J connectivity index is 2.88. The van der Waals surface area contributed by atoms with Gasteiger partial charge in [0.2, 0.25) is 0 Å². The van der Waals surface area contributed by atoms with Crippen LogP contribution < -0.4 is 0 Å². The van der Waals surface area contributed by atoms with E-state index >= 15 is 0 Å². The third kappa shape index (κ3) is 3.40. The standard InChI is InChI=1S/C11H11F3O/c1-8(7-15)5-9-3-2-4-10(6-9)11(12,13)14/h2-4,6,15H,1,5,7H2. The first kappa shape index (κ1) is 11.8. The molecule has 0 aromatic heterocycles. The number of benzene rings is 1. The zero-order valence-electron chi connectivity index (χ0n) is 8.01. The number of aliphatic hydroxyl groups is 1. The number of aliphatic hydroxyl groups excluding tert-OH is 1. The molecule has 0 radical (unpaired) electrons. The average Bonchev–Trinajstić information content (AvgIpc) is 2.17. The van der Waals surface area contributed by atoms with Gasteiger partial charge in [-0.25, -0.2) is 0 Å². The summed E-state index contributed by atoms with van der Waals surface area (Å²) in [6.45, 7) is 3.32. The molecule has 0 fully saturated rings. The van der Waals surface area contributed by atoms with E-state index in [2.05, 4.69) is 6.58 Å². The predicted octanol–water partition coefficient (Wildman–Crippen LogP) is 2.80. The molecule has 1 aromatic carbocycles. The van der Waals surface area contributed by atoms with Crippen molar-refractivity contribution in [1.29, 1.82) is 0 Å². The lowest BCUT2D eigenvalue weighted by molar-refractivity contribution is -0.137. The van der Waals surface area contributed by atoms with Gasteiger partial charge in [-0.1, -0.05) is 24.8 Å². The van der Waals surface area contributed by atoms with Gasteiger partial charge in [-0.15, -0.1) is 0 Å². The lowest BCUT2D eigenvalue weighted by Gasteiger charge is -2.08. The van der Waals surface area contributed by atoms with Crippen molar-refractivity contribution in [3.63, 3.8) is 0 Å². The molecule has 1 aromatic rings. The highest BCUT2D eigenvalue weighted by Crippen LogP contribution is 2.29. The number of hydrogen-bond acceptors (Lipinski definition) is 1. The van der Waals surface area contributed by atoms with Gasteiger partial charge in [0.15, 0.2) is 0 Å². The van der Waals surface area contributed by atoms with E-state index < -0.39 is 11.7 Å². The van der Waals surface area contributed by atoms with Crippen molar-refractivity contribution in [1.82, 2.24) is 0 Å². The molecule has 0 amide bonds. The second kappa shape index (κ2) is 4.49. The maximum atomic E-state index is 12.3. The molecular formula is C11H11F3O. The van der Waals surface area contributed by atoms with E-state index in [-0.39, 0.29) is 13.0 Å². The van der Waals surface area contributed by atoms with Crippen LogP contribution >= 0.6 is 0 Å². The van der Waals surface area contributed by atoms with Crippen molar-refractivity contribution in [2.75, 3.05) is 6.61 Å². The minimum absolute atomic E-state index is 0.212. The summed E-state index contributed by atoms with van der Waals surface area (Å²) in [6, 6.07) is 5.02. The molecule has 1 rings (SSSR count). The van der Waals surface area contributed by atoms with Crippen LogP contribution in [0.2, 0.25) is 0 Å². The second-order valence-corrected chi connectivity index (χ2v) is 3.28. The van der Waals surface area contributed by atoms with Crippen LogP contribution in [-0.4, -0.2) is 11.7 Å². The van der Waals surface area contributed by atoms with E-state index in [0.29, 0.717) is 11.1 Å². The van der Waals surface area contributed by atoms with E-state index in [9.17, 15) is 13.2 Å². The van der Waals surface area contributed by atoms with Gasteiger partial charge in [0, 0.05) is 0 Å². The molecular weight excluding hydrogens is 205 g/mol. The van der Waals surface area contributed by atoms with Gasteiger partial charge >= 0.3 is 6.18 Å². The van der Waals surface area contributed by atoms with Crippen molar-refractivity contribution in [3.8, 4) is 0 Å². The van der Waals surface area contributed by atoms with Gasteiger partial charge in [-0.05, 0) is 23.6 Å². The van der Waals surface area contributed by atoms with Crippen LogP contribution in [0.15, 0.2) is 36.4 Å². The number of halogens is 3. The van der Waals surface area contributed by atoms with Gasteiger partial charge in [0.05, 0.1) is 12.2 Å². The molecule has 15 heavy (non-hydrogen) atoms. The highest BCUT2D eigenvalue weighted by molar-refractivity contribution is 5.28. The van der Waals surface area contributed by atoms with E-state index in [1.54, 1.807) is 6.07 Å². The topological polar surface area (TPSA) is 20.2 Å². The van der Waals surface area contributed by atoms with Crippen molar-refractivity contribution < 1.29 is 18.3 Å². The van der Waals surface area contributed by atoms with Crippen molar-refractivity contribution in [2.45, 2.75) is 12.6 Å². The Hall–Kier alpha value is -1.29. The van der Waals surface area contributed by atoms with E-state index in [1.807, 2.05) is 0 Å². The fourth-order valence-corrected chi connectivity index (χ4v) is 1.20. The predicted molar refractivity (Wildman–Crippen MR) is 51.4 cm³/mol. The van der Waals surface area contributed by atoms with Crippen LogP contribution in [0.25, 0.3) is 0 Å². The zero-order chi connectivity index (χ0) is 11.5. The molecule has 1 N–H and O–H groups in total. The molecule has 0 bridgehead atoms. The Kier molecular flexibility index (Phi) is 3.52. The maximum Gasteiger partial charge on any atom is 0.416 e. The molecule has 0 aliphatic heterocycles. The van der Waals surface area contributed by atoms with Crippen LogP contribution in [0.4, 0.5) is 13.2 Å². The largest absolute Gasteiger partial charge is 0.416 e. The SMILES string of the molecule is C=C(CO)Cc1cccc(C(F)(F)F)c1. The summed E-state index contributed by atoms with van der Waals surface area (Å²) in [5.41, 5.74) is 0.323. The summed E-state index contributed by atoms with van der Waals surface area (Å²) in [5.74, 6) is 0. The van der Waals surface area contributed by atoms with Gasteiger partial charge in [-0.3, -0.25) is 0 Å². The molecule has 0 saturated heterocycles. The monoisotopic (exact) mass is 216 g/mol. The molecule has 0 spiro atoms. The average molecular weight is 216 g/mol. The summed E-state index contributed by atoms with van der Waals surface area (Å²) in [7, 11) is 0. The zero-order valence-corrected chi connectivity index (χ0v) is 8.01. The van der Waals surface area contributed by atoms with Crippen molar-refractivity contribution >= 4 is 0 Å². The fourth-order valence-electron chi connectivity index (χ4n) is 1.20. The Morgan fingerprint density at radius 1 is 1.33 bits per heavy atom. The lowest BCUT2D eigenvalue weighted by atomic mass is 10.0. The van der Waals surface area contributed by atoms with E-state index in [1.165, 1.54) is 6.07 Å². The van der Waals surface area contributed by atoms with Crippen LogP contribution in [0.5, 0.6) is 0 Å². The Morgan fingerprint density at radius 2 is 2.00 bits per heavy atom. The summed E-state index contributed by atoms with van der Waals surface area (Å²) in [4.78, 5) is 0. The van der Waals surface area contributed by atoms with Crippen LogP contribution in [0.3, 0.4) is 0 Å². The van der Waals surface area contributed by atoms with Crippen LogP contribution in [0, 0.1) is 0 Å². The fraction of sp³-hybridized carbons (Fsp3) is 0.273. The molecule has 4 heteroatoms. The second-order valence-electron chi connectivity index (χ2n) is 3.28. The van der Waals surface area contributed by atoms with E-state index in [4.69, 9.17) is 5.11 Å². The molecule has 0 saturated carbocycles. The summed E-state index contributed by atoms with van der Waals surface area (Å²) in [6.07, 6.45) is -4.06. The van der Waals surface area contributed by atoms with Crippen molar-refractivity contribution in [3.05, 3.63) is 47.5 Å². The van der Waals surface area contributed by atoms with Gasteiger partial charge in [-0.2, -0.15) is 13.2 Å². The van der Waals surface area contributed by atoms with Gasteiger partial charge in [0.1, 0.15) is 0 Å². The smallest absolute Gasteiger partial charge is 0.392 e. The first-order valence-corrected chi connectivity index (χ1v) is 4.37. The Bertz CT molecular complexity index is 355. The van der Waals surface area contributed by atoms with E-state index in [0.717, 1.165) is 12.1 Å². The minimum atomic E-state index is -4.32. The molecule has 82 valence electrons. The van der Waals surface area contributed by atoms with Gasteiger partial charge in [0.25, 0.3) is 0 Å². The summed E-state index contributed by atoms with van der Waals surface area (Å²) in [5, 5.41) is 8.70. The van der Waals surface area contributed by atoms with Crippen LogP contribution in [-0.2, 0) is 12.6 Å². The normalized spacial score (nSPS) is 11.5. The highest BCUT2D eigenvalue weighted by atomic mass is 19.4.